The molecule has 1 aromatic carbocycles. The van der Waals surface area contributed by atoms with Crippen molar-refractivity contribution >= 4 is 17.6 Å². The molecule has 4 N–H and O–H groups in total. The van der Waals surface area contributed by atoms with E-state index in [0.717, 1.165) is 25.3 Å². The number of carboxylic acid groups (broad SMARTS) is 1. The molecule has 20 heavy (non-hydrogen) atoms. The lowest BCUT2D eigenvalue weighted by atomic mass is 9.84. The fourth-order valence-corrected chi connectivity index (χ4v) is 2.53. The van der Waals surface area contributed by atoms with Gasteiger partial charge in [-0.1, -0.05) is 18.9 Å². The van der Waals surface area contributed by atoms with Gasteiger partial charge < -0.3 is 16.2 Å². The van der Waals surface area contributed by atoms with Crippen molar-refractivity contribution in [2.45, 2.75) is 31.7 Å². The normalized spacial score (nSPS) is 22.3. The van der Waals surface area contributed by atoms with Crippen LogP contribution in [0.5, 0.6) is 0 Å². The minimum Gasteiger partial charge on any atom is -0.478 e. The number of para-hydroxylation sites is 1. The van der Waals surface area contributed by atoms with E-state index >= 15 is 0 Å². The fourth-order valence-electron chi connectivity index (χ4n) is 2.53. The first-order valence-electron chi connectivity index (χ1n) is 6.59. The van der Waals surface area contributed by atoms with Crippen LogP contribution < -0.4 is 11.1 Å². The van der Waals surface area contributed by atoms with Gasteiger partial charge in [0.05, 0.1) is 17.2 Å². The van der Waals surface area contributed by atoms with E-state index in [1.165, 1.54) is 12.1 Å². The Morgan fingerprint density at radius 3 is 2.65 bits per heavy atom. The van der Waals surface area contributed by atoms with Gasteiger partial charge >= 0.3 is 5.97 Å². The van der Waals surface area contributed by atoms with Crippen LogP contribution in [0.1, 0.15) is 36.0 Å². The lowest BCUT2D eigenvalue weighted by Gasteiger charge is -2.27. The lowest BCUT2D eigenvalue weighted by molar-refractivity contribution is -0.121. The van der Waals surface area contributed by atoms with E-state index in [9.17, 15) is 14.0 Å². The summed E-state index contributed by atoms with van der Waals surface area (Å²) in [6, 6.07) is 3.40. The second kappa shape index (κ2) is 6.00. The van der Waals surface area contributed by atoms with E-state index in [2.05, 4.69) is 5.32 Å². The fraction of sp³-hybridized carbons (Fsp3) is 0.429. The van der Waals surface area contributed by atoms with Gasteiger partial charge in [-0.05, 0) is 25.0 Å². The van der Waals surface area contributed by atoms with Crippen LogP contribution in [-0.2, 0) is 4.79 Å². The smallest absolute Gasteiger partial charge is 0.337 e. The summed E-state index contributed by atoms with van der Waals surface area (Å²) in [6.45, 7) is 0. The molecule has 2 atom stereocenters. The molecule has 1 aliphatic carbocycles. The van der Waals surface area contributed by atoms with Crippen molar-refractivity contribution in [3.05, 3.63) is 29.6 Å². The SMILES string of the molecule is NC1CCCCC1C(=O)Nc1c(F)cccc1C(=O)O. The molecule has 108 valence electrons. The highest BCUT2D eigenvalue weighted by Gasteiger charge is 2.29. The number of anilines is 1. The second-order valence-corrected chi connectivity index (χ2v) is 5.01. The molecule has 1 aromatic rings. The lowest BCUT2D eigenvalue weighted by Crippen LogP contribution is -2.41. The number of carbonyl (C=O) groups excluding carboxylic acids is 1. The van der Waals surface area contributed by atoms with Gasteiger partial charge in [0.2, 0.25) is 5.91 Å². The number of hydrogen-bond acceptors (Lipinski definition) is 3. The van der Waals surface area contributed by atoms with Gasteiger partial charge in [-0.3, -0.25) is 4.79 Å². The summed E-state index contributed by atoms with van der Waals surface area (Å²) in [4.78, 5) is 23.2. The van der Waals surface area contributed by atoms with E-state index in [1.807, 2.05) is 0 Å². The van der Waals surface area contributed by atoms with Crippen LogP contribution in [0.15, 0.2) is 18.2 Å². The van der Waals surface area contributed by atoms with Crippen molar-refractivity contribution in [2.75, 3.05) is 5.32 Å². The van der Waals surface area contributed by atoms with Crippen LogP contribution in [0.2, 0.25) is 0 Å². The Kier molecular flexibility index (Phi) is 4.34. The van der Waals surface area contributed by atoms with Gasteiger partial charge in [-0.15, -0.1) is 0 Å². The summed E-state index contributed by atoms with van der Waals surface area (Å²) < 4.78 is 13.7. The molecule has 0 aromatic heterocycles. The highest BCUT2D eigenvalue weighted by Crippen LogP contribution is 2.26. The van der Waals surface area contributed by atoms with Gasteiger partial charge in [-0.25, -0.2) is 9.18 Å². The number of aromatic carboxylic acids is 1. The zero-order valence-electron chi connectivity index (χ0n) is 10.9. The molecule has 1 saturated carbocycles. The average Bonchev–Trinajstić information content (AvgIpc) is 2.41. The van der Waals surface area contributed by atoms with Crippen LogP contribution >= 0.6 is 0 Å². The van der Waals surface area contributed by atoms with Crippen LogP contribution in [0.25, 0.3) is 0 Å². The summed E-state index contributed by atoms with van der Waals surface area (Å²) in [5, 5.41) is 11.4. The van der Waals surface area contributed by atoms with E-state index in [0.29, 0.717) is 6.42 Å². The number of halogens is 1. The number of carbonyl (C=O) groups is 2. The molecule has 0 aliphatic heterocycles. The molecule has 0 heterocycles. The van der Waals surface area contributed by atoms with Crippen LogP contribution in [0, 0.1) is 11.7 Å². The molecule has 1 aliphatic rings. The first kappa shape index (κ1) is 14.5. The molecule has 2 rings (SSSR count). The van der Waals surface area contributed by atoms with E-state index in [-0.39, 0.29) is 17.3 Å². The molecule has 1 fully saturated rings. The first-order valence-corrected chi connectivity index (χ1v) is 6.59. The third-order valence-electron chi connectivity index (χ3n) is 3.65. The molecule has 5 nitrogen and oxygen atoms in total. The highest BCUT2D eigenvalue weighted by atomic mass is 19.1. The quantitative estimate of drug-likeness (QED) is 0.789. The Balaban J connectivity index is 2.21. The maximum atomic E-state index is 13.7. The largest absolute Gasteiger partial charge is 0.478 e. The van der Waals surface area contributed by atoms with Gasteiger partial charge in [-0.2, -0.15) is 0 Å². The average molecular weight is 280 g/mol. The minimum absolute atomic E-state index is 0.260. The molecule has 2 unspecified atom stereocenters. The van der Waals surface area contributed by atoms with E-state index in [1.54, 1.807) is 0 Å². The third kappa shape index (κ3) is 2.96. The predicted octanol–water partition coefficient (Wildman–Crippen LogP) is 1.98. The Morgan fingerprint density at radius 1 is 1.30 bits per heavy atom. The molecule has 1 amide bonds. The van der Waals surface area contributed by atoms with Crippen molar-refractivity contribution in [3.63, 3.8) is 0 Å². The summed E-state index contributed by atoms with van der Waals surface area (Å²) in [5.74, 6) is -2.86. The van der Waals surface area contributed by atoms with Crippen molar-refractivity contribution in [1.82, 2.24) is 0 Å². The maximum Gasteiger partial charge on any atom is 0.337 e. The van der Waals surface area contributed by atoms with Crippen LogP contribution in [0.4, 0.5) is 10.1 Å². The van der Waals surface area contributed by atoms with Crippen LogP contribution in [-0.4, -0.2) is 23.0 Å². The monoisotopic (exact) mass is 280 g/mol. The third-order valence-corrected chi connectivity index (χ3v) is 3.65. The zero-order chi connectivity index (χ0) is 14.7. The van der Waals surface area contributed by atoms with Gasteiger partial charge in [0.1, 0.15) is 5.82 Å². The summed E-state index contributed by atoms with van der Waals surface area (Å²) in [7, 11) is 0. The number of hydrogen-bond donors (Lipinski definition) is 3. The number of amides is 1. The summed E-state index contributed by atoms with van der Waals surface area (Å²) >= 11 is 0. The molecule has 0 spiro atoms. The Morgan fingerprint density at radius 2 is 2.00 bits per heavy atom. The second-order valence-electron chi connectivity index (χ2n) is 5.01. The Hall–Kier alpha value is -1.95. The van der Waals surface area contributed by atoms with Crippen molar-refractivity contribution < 1.29 is 19.1 Å². The van der Waals surface area contributed by atoms with E-state index < -0.39 is 23.6 Å². The number of nitrogens with one attached hydrogen (secondary N) is 1. The van der Waals surface area contributed by atoms with E-state index in [4.69, 9.17) is 10.8 Å². The molecular formula is C14H17FN2O3. The topological polar surface area (TPSA) is 92.4 Å². The standard InChI is InChI=1S/C14H17FN2O3/c15-10-6-3-5-9(14(19)20)12(10)17-13(18)8-4-1-2-7-11(8)16/h3,5-6,8,11H,1-2,4,7,16H2,(H,17,18)(H,19,20). The first-order chi connectivity index (χ1) is 9.50. The van der Waals surface area contributed by atoms with Crippen molar-refractivity contribution in [3.8, 4) is 0 Å². The molecule has 0 bridgehead atoms. The Bertz CT molecular complexity index is 533. The molecule has 0 saturated heterocycles. The van der Waals surface area contributed by atoms with Crippen molar-refractivity contribution in [1.29, 1.82) is 0 Å². The molecule has 0 radical (unpaired) electrons. The molecular weight excluding hydrogens is 263 g/mol. The van der Waals surface area contributed by atoms with Crippen LogP contribution in [0.3, 0.4) is 0 Å². The maximum absolute atomic E-state index is 13.7. The Labute approximate surface area is 116 Å². The highest BCUT2D eigenvalue weighted by molar-refractivity contribution is 6.01. The summed E-state index contributed by atoms with van der Waals surface area (Å²) in [6.07, 6.45) is 3.27. The predicted molar refractivity (Wildman–Crippen MR) is 71.9 cm³/mol. The van der Waals surface area contributed by atoms with Crippen molar-refractivity contribution in [2.24, 2.45) is 11.7 Å². The zero-order valence-corrected chi connectivity index (χ0v) is 10.9. The van der Waals surface area contributed by atoms with Gasteiger partial charge in [0.25, 0.3) is 0 Å². The number of carboxylic acids is 1. The number of benzene rings is 1. The molecule has 6 heteroatoms. The number of nitrogens with two attached hydrogens (primary N) is 1. The van der Waals surface area contributed by atoms with Gasteiger partial charge in [0.15, 0.2) is 0 Å². The minimum atomic E-state index is -1.28. The summed E-state index contributed by atoms with van der Waals surface area (Å²) in [5.41, 5.74) is 5.35. The number of rotatable bonds is 3. The van der Waals surface area contributed by atoms with Gasteiger partial charge in [0, 0.05) is 6.04 Å².